The second kappa shape index (κ2) is 9.18. The number of halogens is 1. The molecule has 0 saturated heterocycles. The third-order valence-electron chi connectivity index (χ3n) is 5.88. The summed E-state index contributed by atoms with van der Waals surface area (Å²) < 4.78 is 27.8. The molecule has 0 spiro atoms. The van der Waals surface area contributed by atoms with Crippen LogP contribution in [-0.2, 0) is 17.6 Å². The zero-order valence-electron chi connectivity index (χ0n) is 19.7. The van der Waals surface area contributed by atoms with Crippen LogP contribution < -0.4 is 4.74 Å². The summed E-state index contributed by atoms with van der Waals surface area (Å²) in [6.45, 7) is 5.23. The maximum atomic E-state index is 14.5. The standard InChI is InChI=1S/C28H24FN3O3/c1-17-13-22(34-18(17)2)15-25-28(35-19(3)33)32-16-26(20-9-5-4-6-10-20)30-24(27(32)31-25)14-21-11-7-8-12-23(21)29/h4-13,16H,14-15H2,1-3H3. The van der Waals surface area contributed by atoms with Crippen LogP contribution in [-0.4, -0.2) is 20.3 Å². The van der Waals surface area contributed by atoms with Crippen LogP contribution in [0.3, 0.4) is 0 Å². The summed E-state index contributed by atoms with van der Waals surface area (Å²) in [6, 6.07) is 18.2. The number of imidazole rings is 1. The summed E-state index contributed by atoms with van der Waals surface area (Å²) in [6.07, 6.45) is 2.35. The number of esters is 1. The molecule has 0 radical (unpaired) electrons. The van der Waals surface area contributed by atoms with Gasteiger partial charge in [0.2, 0.25) is 5.88 Å². The van der Waals surface area contributed by atoms with E-state index in [9.17, 15) is 9.18 Å². The molecule has 35 heavy (non-hydrogen) atoms. The highest BCUT2D eigenvalue weighted by molar-refractivity contribution is 5.70. The van der Waals surface area contributed by atoms with Gasteiger partial charge in [0.05, 0.1) is 17.8 Å². The summed E-state index contributed by atoms with van der Waals surface area (Å²) in [7, 11) is 0. The Bertz CT molecular complexity index is 1520. The molecule has 5 aromatic rings. The van der Waals surface area contributed by atoms with Gasteiger partial charge < -0.3 is 9.15 Å². The van der Waals surface area contributed by atoms with E-state index in [0.29, 0.717) is 46.4 Å². The molecule has 0 bridgehead atoms. The van der Waals surface area contributed by atoms with Crippen molar-refractivity contribution in [1.29, 1.82) is 0 Å². The molecule has 0 amide bonds. The Morgan fingerprint density at radius 2 is 1.74 bits per heavy atom. The van der Waals surface area contributed by atoms with Crippen molar-refractivity contribution >= 4 is 11.6 Å². The fourth-order valence-electron chi connectivity index (χ4n) is 4.08. The fourth-order valence-corrected chi connectivity index (χ4v) is 4.08. The molecule has 0 aliphatic carbocycles. The molecule has 0 atom stereocenters. The molecule has 0 aliphatic rings. The number of fused-ring (bicyclic) bond motifs is 1. The van der Waals surface area contributed by atoms with Gasteiger partial charge in [-0.2, -0.15) is 0 Å². The van der Waals surface area contributed by atoms with Gasteiger partial charge in [0, 0.05) is 25.1 Å². The maximum Gasteiger partial charge on any atom is 0.309 e. The number of ether oxygens (including phenoxy) is 1. The van der Waals surface area contributed by atoms with Crippen LogP contribution in [0.5, 0.6) is 5.88 Å². The molecule has 0 fully saturated rings. The summed E-state index contributed by atoms with van der Waals surface area (Å²) >= 11 is 0. The largest absolute Gasteiger partial charge is 0.466 e. The van der Waals surface area contributed by atoms with E-state index in [0.717, 1.165) is 16.9 Å². The number of carbonyl (C=O) groups is 1. The molecular formula is C28H24FN3O3. The lowest BCUT2D eigenvalue weighted by atomic mass is 10.1. The number of aryl methyl sites for hydroxylation is 2. The zero-order valence-corrected chi connectivity index (χ0v) is 19.7. The molecule has 0 N–H and O–H groups in total. The molecule has 7 heteroatoms. The van der Waals surface area contributed by atoms with Gasteiger partial charge in [0.15, 0.2) is 5.65 Å². The number of benzene rings is 2. The molecule has 176 valence electrons. The molecule has 3 heterocycles. The van der Waals surface area contributed by atoms with E-state index >= 15 is 0 Å². The highest BCUT2D eigenvalue weighted by Gasteiger charge is 2.22. The molecule has 0 unspecified atom stereocenters. The first kappa shape index (κ1) is 22.5. The molecule has 0 aliphatic heterocycles. The van der Waals surface area contributed by atoms with Crippen molar-refractivity contribution in [2.24, 2.45) is 0 Å². The molecular weight excluding hydrogens is 445 g/mol. The van der Waals surface area contributed by atoms with Crippen LogP contribution in [0.25, 0.3) is 16.9 Å². The normalized spacial score (nSPS) is 11.2. The number of furan rings is 1. The maximum absolute atomic E-state index is 14.5. The Kier molecular flexibility index (Phi) is 5.91. The summed E-state index contributed by atoms with van der Waals surface area (Å²) in [5.74, 6) is 1.06. The van der Waals surface area contributed by atoms with Crippen LogP contribution in [0.4, 0.5) is 4.39 Å². The van der Waals surface area contributed by atoms with Crippen molar-refractivity contribution < 1.29 is 18.3 Å². The summed E-state index contributed by atoms with van der Waals surface area (Å²) in [4.78, 5) is 21.7. The molecule has 0 saturated carbocycles. The predicted octanol–water partition coefficient (Wildman–Crippen LogP) is 5.85. The van der Waals surface area contributed by atoms with Crippen molar-refractivity contribution in [2.75, 3.05) is 0 Å². The van der Waals surface area contributed by atoms with E-state index in [1.54, 1.807) is 28.8 Å². The minimum atomic E-state index is -0.464. The van der Waals surface area contributed by atoms with Gasteiger partial charge in [-0.3, -0.25) is 9.20 Å². The van der Waals surface area contributed by atoms with E-state index in [1.807, 2.05) is 50.2 Å². The van der Waals surface area contributed by atoms with Crippen molar-refractivity contribution in [3.8, 4) is 17.1 Å². The minimum Gasteiger partial charge on any atom is -0.466 e. The average Bonchev–Trinajstić information content (AvgIpc) is 3.34. The highest BCUT2D eigenvalue weighted by atomic mass is 19.1. The fraction of sp³-hybridized carbons (Fsp3) is 0.179. The van der Waals surface area contributed by atoms with Gasteiger partial charge in [-0.15, -0.1) is 0 Å². The van der Waals surface area contributed by atoms with E-state index in [1.165, 1.54) is 13.0 Å². The zero-order chi connectivity index (χ0) is 24.5. The van der Waals surface area contributed by atoms with Crippen LogP contribution >= 0.6 is 0 Å². The lowest BCUT2D eigenvalue weighted by molar-refractivity contribution is -0.132. The number of carbonyl (C=O) groups excluding carboxylic acids is 1. The van der Waals surface area contributed by atoms with Crippen molar-refractivity contribution in [1.82, 2.24) is 14.4 Å². The third kappa shape index (κ3) is 4.57. The van der Waals surface area contributed by atoms with Crippen LogP contribution in [0.15, 0.2) is 71.3 Å². The number of rotatable bonds is 6. The number of hydrogen-bond donors (Lipinski definition) is 0. The Morgan fingerprint density at radius 1 is 1.00 bits per heavy atom. The SMILES string of the molecule is CC(=O)Oc1c(Cc2cc(C)c(C)o2)nc2c(Cc3ccccc3F)nc(-c3ccccc3)cn12. The van der Waals surface area contributed by atoms with E-state index in [4.69, 9.17) is 19.1 Å². The molecule has 5 rings (SSSR count). The second-order valence-corrected chi connectivity index (χ2v) is 8.49. The number of aromatic nitrogens is 3. The van der Waals surface area contributed by atoms with Gasteiger partial charge in [-0.25, -0.2) is 14.4 Å². The van der Waals surface area contributed by atoms with Gasteiger partial charge >= 0.3 is 5.97 Å². The Balaban J connectivity index is 1.72. The Morgan fingerprint density at radius 3 is 2.43 bits per heavy atom. The lowest BCUT2D eigenvalue weighted by Crippen LogP contribution is -2.07. The van der Waals surface area contributed by atoms with E-state index < -0.39 is 5.97 Å². The van der Waals surface area contributed by atoms with Gasteiger partial charge in [0.1, 0.15) is 23.0 Å². The third-order valence-corrected chi connectivity index (χ3v) is 5.88. The minimum absolute atomic E-state index is 0.228. The van der Waals surface area contributed by atoms with E-state index in [2.05, 4.69) is 0 Å². The summed E-state index contributed by atoms with van der Waals surface area (Å²) in [5.41, 5.74) is 4.68. The Labute approximate surface area is 202 Å². The second-order valence-electron chi connectivity index (χ2n) is 8.49. The molecule has 2 aromatic carbocycles. The first-order chi connectivity index (χ1) is 16.9. The smallest absolute Gasteiger partial charge is 0.309 e. The number of hydrogen-bond acceptors (Lipinski definition) is 5. The van der Waals surface area contributed by atoms with E-state index in [-0.39, 0.29) is 12.2 Å². The topological polar surface area (TPSA) is 69.6 Å². The first-order valence-electron chi connectivity index (χ1n) is 11.3. The predicted molar refractivity (Wildman–Crippen MR) is 130 cm³/mol. The Hall–Kier alpha value is -4.26. The first-order valence-corrected chi connectivity index (χ1v) is 11.3. The molecule has 3 aromatic heterocycles. The van der Waals surface area contributed by atoms with Crippen LogP contribution in [0.2, 0.25) is 0 Å². The van der Waals surface area contributed by atoms with Crippen molar-refractivity contribution in [3.63, 3.8) is 0 Å². The summed E-state index contributed by atoms with van der Waals surface area (Å²) in [5, 5.41) is 0. The lowest BCUT2D eigenvalue weighted by Gasteiger charge is -2.10. The highest BCUT2D eigenvalue weighted by Crippen LogP contribution is 2.30. The van der Waals surface area contributed by atoms with Gasteiger partial charge in [0.25, 0.3) is 0 Å². The van der Waals surface area contributed by atoms with Gasteiger partial charge in [-0.05, 0) is 37.1 Å². The van der Waals surface area contributed by atoms with Crippen molar-refractivity contribution in [3.05, 3.63) is 107 Å². The average molecular weight is 470 g/mol. The number of nitrogens with zero attached hydrogens (tertiary/aromatic N) is 3. The van der Waals surface area contributed by atoms with Crippen LogP contribution in [0.1, 0.15) is 41.0 Å². The molecule has 6 nitrogen and oxygen atoms in total. The van der Waals surface area contributed by atoms with Crippen molar-refractivity contribution in [2.45, 2.75) is 33.6 Å². The van der Waals surface area contributed by atoms with Crippen LogP contribution in [0, 0.1) is 19.7 Å². The van der Waals surface area contributed by atoms with Gasteiger partial charge in [-0.1, -0.05) is 48.5 Å². The quantitative estimate of drug-likeness (QED) is 0.292. The monoisotopic (exact) mass is 469 g/mol.